The number of benzene rings is 1. The summed E-state index contributed by atoms with van der Waals surface area (Å²) in [6.07, 6.45) is 4.53. The summed E-state index contributed by atoms with van der Waals surface area (Å²) in [7, 11) is 0. The number of imidazole rings is 1. The molecule has 0 amide bonds. The fourth-order valence-electron chi connectivity index (χ4n) is 2.00. The fraction of sp³-hybridized carbons (Fsp3) is 0. The second-order valence-electron chi connectivity index (χ2n) is 3.77. The zero-order chi connectivity index (χ0) is 11.7. The first-order valence-electron chi connectivity index (χ1n) is 5.37. The van der Waals surface area contributed by atoms with E-state index in [0.29, 0.717) is 5.56 Å². The second-order valence-corrected chi connectivity index (χ2v) is 3.77. The van der Waals surface area contributed by atoms with Crippen LogP contribution in [0.3, 0.4) is 0 Å². The molecule has 0 saturated carbocycles. The lowest BCUT2D eigenvalue weighted by molar-refractivity contribution is 0.112. The molecule has 1 aromatic carbocycles. The fourth-order valence-corrected chi connectivity index (χ4v) is 2.00. The minimum absolute atomic E-state index is 0.689. The lowest BCUT2D eigenvalue weighted by Crippen LogP contribution is -1.94. The molecule has 0 atom stereocenters. The van der Waals surface area contributed by atoms with Crippen LogP contribution in [0.25, 0.3) is 16.9 Å². The molecular weight excluding hydrogens is 212 g/mol. The van der Waals surface area contributed by atoms with E-state index in [1.165, 1.54) is 0 Å². The predicted octanol–water partition coefficient (Wildman–Crippen LogP) is 2.81. The second kappa shape index (κ2) is 3.87. The summed E-state index contributed by atoms with van der Waals surface area (Å²) in [5, 5.41) is 0. The Morgan fingerprint density at radius 3 is 2.82 bits per heavy atom. The first kappa shape index (κ1) is 9.78. The number of aromatic nitrogens is 2. The quantitative estimate of drug-likeness (QED) is 0.625. The standard InChI is InChI=1S/C14H10N2O/c17-10-11-4-1-2-5-12(11)13-6-3-7-14-15-8-9-16(13)14/h1-10H. The van der Waals surface area contributed by atoms with Crippen molar-refractivity contribution in [3.05, 3.63) is 60.4 Å². The van der Waals surface area contributed by atoms with Crippen LogP contribution in [0.2, 0.25) is 0 Å². The Balaban J connectivity index is 2.34. The molecule has 3 nitrogen and oxygen atoms in total. The molecule has 2 aromatic heterocycles. The van der Waals surface area contributed by atoms with Gasteiger partial charge in [-0.2, -0.15) is 0 Å². The number of nitrogens with zero attached hydrogens (tertiary/aromatic N) is 2. The van der Waals surface area contributed by atoms with Crippen LogP contribution in [-0.4, -0.2) is 15.7 Å². The Morgan fingerprint density at radius 1 is 1.06 bits per heavy atom. The molecule has 0 saturated heterocycles. The summed E-state index contributed by atoms with van der Waals surface area (Å²) in [5.41, 5.74) is 3.46. The van der Waals surface area contributed by atoms with E-state index in [1.54, 1.807) is 6.20 Å². The molecule has 0 bridgehead atoms. The van der Waals surface area contributed by atoms with Crippen LogP contribution in [0.15, 0.2) is 54.9 Å². The summed E-state index contributed by atoms with van der Waals surface area (Å²) >= 11 is 0. The van der Waals surface area contributed by atoms with E-state index in [4.69, 9.17) is 0 Å². The molecule has 3 heteroatoms. The summed E-state index contributed by atoms with van der Waals surface area (Å²) in [6.45, 7) is 0. The molecule has 2 heterocycles. The first-order valence-corrected chi connectivity index (χ1v) is 5.37. The number of hydrogen-bond donors (Lipinski definition) is 0. The van der Waals surface area contributed by atoms with E-state index in [0.717, 1.165) is 23.2 Å². The Bertz CT molecular complexity index is 685. The smallest absolute Gasteiger partial charge is 0.150 e. The van der Waals surface area contributed by atoms with Crippen molar-refractivity contribution in [2.75, 3.05) is 0 Å². The van der Waals surface area contributed by atoms with Gasteiger partial charge in [0.2, 0.25) is 0 Å². The van der Waals surface area contributed by atoms with Gasteiger partial charge in [-0.1, -0.05) is 30.3 Å². The van der Waals surface area contributed by atoms with Crippen LogP contribution in [0.1, 0.15) is 10.4 Å². The topological polar surface area (TPSA) is 34.4 Å². The van der Waals surface area contributed by atoms with Gasteiger partial charge in [0.15, 0.2) is 6.29 Å². The lowest BCUT2D eigenvalue weighted by atomic mass is 10.0. The molecule has 0 N–H and O–H groups in total. The van der Waals surface area contributed by atoms with Gasteiger partial charge < -0.3 is 0 Å². The minimum Gasteiger partial charge on any atom is -0.300 e. The van der Waals surface area contributed by atoms with Crippen molar-refractivity contribution in [2.45, 2.75) is 0 Å². The van der Waals surface area contributed by atoms with Crippen molar-refractivity contribution in [1.29, 1.82) is 0 Å². The maximum atomic E-state index is 11.1. The van der Waals surface area contributed by atoms with Gasteiger partial charge in [0.1, 0.15) is 5.65 Å². The molecule has 17 heavy (non-hydrogen) atoms. The van der Waals surface area contributed by atoms with Crippen LogP contribution in [0, 0.1) is 0 Å². The van der Waals surface area contributed by atoms with Gasteiger partial charge in [0.25, 0.3) is 0 Å². The molecule has 0 radical (unpaired) electrons. The predicted molar refractivity (Wildman–Crippen MR) is 66.0 cm³/mol. The molecule has 3 aromatic rings. The van der Waals surface area contributed by atoms with Gasteiger partial charge in [0.05, 0.1) is 5.69 Å². The van der Waals surface area contributed by atoms with Crippen LogP contribution in [0.5, 0.6) is 0 Å². The van der Waals surface area contributed by atoms with E-state index in [2.05, 4.69) is 4.98 Å². The monoisotopic (exact) mass is 222 g/mol. The highest BCUT2D eigenvalue weighted by Gasteiger charge is 2.07. The normalized spacial score (nSPS) is 10.6. The number of hydrogen-bond acceptors (Lipinski definition) is 2. The average molecular weight is 222 g/mol. The largest absolute Gasteiger partial charge is 0.300 e. The molecular formula is C14H10N2O. The van der Waals surface area contributed by atoms with E-state index in [-0.39, 0.29) is 0 Å². The molecule has 0 unspecified atom stereocenters. The zero-order valence-corrected chi connectivity index (χ0v) is 9.08. The molecule has 82 valence electrons. The van der Waals surface area contributed by atoms with Crippen molar-refractivity contribution in [1.82, 2.24) is 9.38 Å². The SMILES string of the molecule is O=Cc1ccccc1-c1cccc2nccn12. The van der Waals surface area contributed by atoms with Crippen molar-refractivity contribution in [3.63, 3.8) is 0 Å². The highest BCUT2D eigenvalue weighted by Crippen LogP contribution is 2.23. The zero-order valence-electron chi connectivity index (χ0n) is 9.08. The number of aldehydes is 1. The highest BCUT2D eigenvalue weighted by atomic mass is 16.1. The van der Waals surface area contributed by atoms with E-state index in [1.807, 2.05) is 53.1 Å². The van der Waals surface area contributed by atoms with Gasteiger partial charge in [-0.15, -0.1) is 0 Å². The third-order valence-corrected chi connectivity index (χ3v) is 2.79. The summed E-state index contributed by atoms with van der Waals surface area (Å²) in [6, 6.07) is 13.4. The maximum Gasteiger partial charge on any atom is 0.150 e. The number of rotatable bonds is 2. The molecule has 3 rings (SSSR count). The first-order chi connectivity index (χ1) is 8.40. The minimum atomic E-state index is 0.689. The summed E-state index contributed by atoms with van der Waals surface area (Å²) < 4.78 is 1.97. The third-order valence-electron chi connectivity index (χ3n) is 2.79. The van der Waals surface area contributed by atoms with Crippen LogP contribution < -0.4 is 0 Å². The lowest BCUT2D eigenvalue weighted by Gasteiger charge is -2.07. The highest BCUT2D eigenvalue weighted by molar-refractivity contribution is 5.87. The van der Waals surface area contributed by atoms with Crippen LogP contribution >= 0.6 is 0 Å². The molecule has 0 aliphatic carbocycles. The average Bonchev–Trinajstić information content (AvgIpc) is 2.86. The number of fused-ring (bicyclic) bond motifs is 1. The van der Waals surface area contributed by atoms with Gasteiger partial charge in [-0.25, -0.2) is 4.98 Å². The number of carbonyl (C=O) groups is 1. The van der Waals surface area contributed by atoms with Crippen LogP contribution in [0.4, 0.5) is 0 Å². The van der Waals surface area contributed by atoms with Crippen molar-refractivity contribution >= 4 is 11.9 Å². The maximum absolute atomic E-state index is 11.1. The Morgan fingerprint density at radius 2 is 1.94 bits per heavy atom. The molecule has 0 aliphatic rings. The Hall–Kier alpha value is -2.42. The van der Waals surface area contributed by atoms with Crippen molar-refractivity contribution < 1.29 is 4.79 Å². The molecule has 0 aliphatic heterocycles. The summed E-state index contributed by atoms with van der Waals surface area (Å²) in [4.78, 5) is 15.3. The van der Waals surface area contributed by atoms with Crippen molar-refractivity contribution in [3.8, 4) is 11.3 Å². The molecule has 0 fully saturated rings. The van der Waals surface area contributed by atoms with E-state index >= 15 is 0 Å². The van der Waals surface area contributed by atoms with Crippen LogP contribution in [-0.2, 0) is 0 Å². The number of carbonyl (C=O) groups excluding carboxylic acids is 1. The van der Waals surface area contributed by atoms with Crippen molar-refractivity contribution in [2.24, 2.45) is 0 Å². The molecule has 0 spiro atoms. The third kappa shape index (κ3) is 1.52. The van der Waals surface area contributed by atoms with Gasteiger partial charge in [-0.3, -0.25) is 9.20 Å². The Kier molecular flexibility index (Phi) is 2.22. The van der Waals surface area contributed by atoms with Gasteiger partial charge >= 0.3 is 0 Å². The number of pyridine rings is 1. The van der Waals surface area contributed by atoms with Gasteiger partial charge in [0, 0.05) is 23.5 Å². The Labute approximate surface area is 98.4 Å². The van der Waals surface area contributed by atoms with E-state index in [9.17, 15) is 4.79 Å². The van der Waals surface area contributed by atoms with E-state index < -0.39 is 0 Å². The van der Waals surface area contributed by atoms with Gasteiger partial charge in [-0.05, 0) is 12.1 Å². The summed E-state index contributed by atoms with van der Waals surface area (Å²) in [5.74, 6) is 0.